The van der Waals surface area contributed by atoms with Gasteiger partial charge in [-0.3, -0.25) is 9.69 Å². The Balaban J connectivity index is 0.00000256. The van der Waals surface area contributed by atoms with Crippen molar-refractivity contribution in [3.05, 3.63) is 66.1 Å². The molecule has 158 valence electrons. The van der Waals surface area contributed by atoms with Gasteiger partial charge in [0.05, 0.1) is 17.3 Å². The molecule has 6 nitrogen and oxygen atoms in total. The summed E-state index contributed by atoms with van der Waals surface area (Å²) in [5.74, 6) is 0.0543. The van der Waals surface area contributed by atoms with Crippen molar-refractivity contribution < 1.29 is 13.6 Å². The van der Waals surface area contributed by atoms with Gasteiger partial charge in [0.2, 0.25) is 5.89 Å². The Bertz CT molecular complexity index is 989. The monoisotopic (exact) mass is 430 g/mol. The molecular weight excluding hydrogens is 407 g/mol. The number of carbonyl (C=O) groups is 1. The summed E-state index contributed by atoms with van der Waals surface area (Å²) in [7, 11) is 0. The molecule has 1 saturated heterocycles. The van der Waals surface area contributed by atoms with Crippen molar-refractivity contribution >= 4 is 18.3 Å². The predicted octanol–water partition coefficient (Wildman–Crippen LogP) is 3.20. The maximum absolute atomic E-state index is 14.0. The Labute approximate surface area is 180 Å². The molecule has 30 heavy (non-hydrogen) atoms. The van der Waals surface area contributed by atoms with E-state index >= 15 is 0 Å². The zero-order valence-electron chi connectivity index (χ0n) is 16.4. The molecule has 3 aromatic rings. The van der Waals surface area contributed by atoms with Gasteiger partial charge < -0.3 is 15.1 Å². The lowest BCUT2D eigenvalue weighted by atomic mass is 10.1. The quantitative estimate of drug-likeness (QED) is 0.628. The highest BCUT2D eigenvalue weighted by Crippen LogP contribution is 2.29. The number of hydrogen-bond acceptors (Lipinski definition) is 5. The first kappa shape index (κ1) is 22.0. The number of halogens is 2. The molecule has 0 saturated carbocycles. The van der Waals surface area contributed by atoms with Gasteiger partial charge in [-0.25, -0.2) is 9.37 Å². The number of oxazole rings is 1. The topological polar surface area (TPSA) is 70.4 Å². The second-order valence-corrected chi connectivity index (χ2v) is 6.90. The predicted molar refractivity (Wildman–Crippen MR) is 116 cm³/mol. The third-order valence-corrected chi connectivity index (χ3v) is 4.97. The number of carbonyl (C=O) groups excluding carboxylic acids is 1. The Morgan fingerprint density at radius 1 is 1.10 bits per heavy atom. The molecule has 0 radical (unpaired) electrons. The highest BCUT2D eigenvalue weighted by molar-refractivity contribution is 6.00. The fourth-order valence-corrected chi connectivity index (χ4v) is 3.41. The number of aromatic nitrogens is 1. The smallest absolute Gasteiger partial charge is 0.252 e. The Morgan fingerprint density at radius 3 is 2.57 bits per heavy atom. The summed E-state index contributed by atoms with van der Waals surface area (Å²) >= 11 is 0. The van der Waals surface area contributed by atoms with Crippen LogP contribution in [0.2, 0.25) is 0 Å². The van der Waals surface area contributed by atoms with E-state index in [0.29, 0.717) is 29.0 Å². The normalized spacial score (nSPS) is 14.2. The van der Waals surface area contributed by atoms with E-state index in [2.05, 4.69) is 20.5 Å². The van der Waals surface area contributed by atoms with E-state index in [0.717, 1.165) is 32.7 Å². The number of amides is 1. The zero-order chi connectivity index (χ0) is 20.1. The molecule has 0 spiro atoms. The number of nitrogens with zero attached hydrogens (tertiary/aromatic N) is 2. The van der Waals surface area contributed by atoms with E-state index in [1.165, 1.54) is 12.3 Å². The number of nitrogens with one attached hydrogen (secondary N) is 2. The van der Waals surface area contributed by atoms with Crippen LogP contribution in [0.1, 0.15) is 10.4 Å². The van der Waals surface area contributed by atoms with Crippen molar-refractivity contribution in [2.75, 3.05) is 39.3 Å². The fraction of sp³-hybridized carbons (Fsp3) is 0.273. The summed E-state index contributed by atoms with van der Waals surface area (Å²) in [6.07, 6.45) is 1.48. The van der Waals surface area contributed by atoms with Gasteiger partial charge in [-0.2, -0.15) is 0 Å². The van der Waals surface area contributed by atoms with Crippen molar-refractivity contribution in [2.24, 2.45) is 0 Å². The molecule has 4 rings (SSSR count). The van der Waals surface area contributed by atoms with E-state index in [-0.39, 0.29) is 30.0 Å². The Hall–Kier alpha value is -2.74. The summed E-state index contributed by atoms with van der Waals surface area (Å²) in [5.41, 5.74) is 1.40. The highest BCUT2D eigenvalue weighted by Gasteiger charge is 2.18. The van der Waals surface area contributed by atoms with Crippen LogP contribution in [0.5, 0.6) is 0 Å². The minimum absolute atomic E-state index is 0. The lowest BCUT2D eigenvalue weighted by Gasteiger charge is -2.27. The number of benzene rings is 2. The van der Waals surface area contributed by atoms with Gasteiger partial charge in [-0.15, -0.1) is 12.4 Å². The molecule has 0 atom stereocenters. The number of rotatable bonds is 6. The zero-order valence-corrected chi connectivity index (χ0v) is 17.3. The highest BCUT2D eigenvalue weighted by atomic mass is 35.5. The molecule has 1 aliphatic rings. The minimum atomic E-state index is -0.380. The molecule has 0 aliphatic carbocycles. The average molecular weight is 431 g/mol. The van der Waals surface area contributed by atoms with Gasteiger partial charge in [-0.1, -0.05) is 24.3 Å². The van der Waals surface area contributed by atoms with Gasteiger partial charge in [0.25, 0.3) is 5.91 Å². The van der Waals surface area contributed by atoms with Crippen LogP contribution in [0, 0.1) is 5.82 Å². The van der Waals surface area contributed by atoms with Crippen molar-refractivity contribution in [2.45, 2.75) is 0 Å². The van der Waals surface area contributed by atoms with Crippen molar-refractivity contribution in [3.8, 4) is 22.8 Å². The molecule has 1 amide bonds. The van der Waals surface area contributed by atoms with Gasteiger partial charge >= 0.3 is 0 Å². The molecule has 1 aliphatic heterocycles. The van der Waals surface area contributed by atoms with Crippen molar-refractivity contribution in [3.63, 3.8) is 0 Å². The Morgan fingerprint density at radius 2 is 1.80 bits per heavy atom. The van der Waals surface area contributed by atoms with E-state index in [1.54, 1.807) is 36.4 Å². The molecule has 2 N–H and O–H groups in total. The molecule has 1 fully saturated rings. The minimum Gasteiger partial charge on any atom is -0.436 e. The third-order valence-electron chi connectivity index (χ3n) is 4.97. The van der Waals surface area contributed by atoms with Gasteiger partial charge in [0, 0.05) is 44.8 Å². The number of piperazine rings is 1. The second kappa shape index (κ2) is 10.3. The SMILES string of the molecule is Cl.O=C(NCCN1CCNCC1)c1ccccc1-c1ncc(-c2ccccc2F)o1. The fourth-order valence-electron chi connectivity index (χ4n) is 3.41. The third kappa shape index (κ3) is 5.05. The summed E-state index contributed by atoms with van der Waals surface area (Å²) < 4.78 is 19.8. The van der Waals surface area contributed by atoms with E-state index in [9.17, 15) is 9.18 Å². The molecule has 1 aromatic heterocycles. The van der Waals surface area contributed by atoms with Crippen LogP contribution in [-0.4, -0.2) is 55.1 Å². The van der Waals surface area contributed by atoms with Gasteiger partial charge in [-0.05, 0) is 24.3 Å². The lowest BCUT2D eigenvalue weighted by Crippen LogP contribution is -2.46. The molecular formula is C22H24ClFN4O2. The molecule has 2 heterocycles. The second-order valence-electron chi connectivity index (χ2n) is 6.90. The van der Waals surface area contributed by atoms with Gasteiger partial charge in [0.15, 0.2) is 5.76 Å². The largest absolute Gasteiger partial charge is 0.436 e. The van der Waals surface area contributed by atoms with Crippen LogP contribution in [-0.2, 0) is 0 Å². The maximum atomic E-state index is 14.0. The summed E-state index contributed by atoms with van der Waals surface area (Å²) in [6, 6.07) is 13.5. The summed E-state index contributed by atoms with van der Waals surface area (Å²) in [6.45, 7) is 5.31. The average Bonchev–Trinajstić information content (AvgIpc) is 3.24. The van der Waals surface area contributed by atoms with Gasteiger partial charge in [0.1, 0.15) is 5.82 Å². The lowest BCUT2D eigenvalue weighted by molar-refractivity contribution is 0.0947. The summed E-state index contributed by atoms with van der Waals surface area (Å²) in [5, 5.41) is 6.29. The van der Waals surface area contributed by atoms with E-state index < -0.39 is 0 Å². The molecule has 8 heteroatoms. The maximum Gasteiger partial charge on any atom is 0.252 e. The number of hydrogen-bond donors (Lipinski definition) is 2. The van der Waals surface area contributed by atoms with Crippen LogP contribution >= 0.6 is 12.4 Å². The van der Waals surface area contributed by atoms with Crippen molar-refractivity contribution in [1.82, 2.24) is 20.5 Å². The van der Waals surface area contributed by atoms with Crippen LogP contribution in [0.3, 0.4) is 0 Å². The van der Waals surface area contributed by atoms with Crippen LogP contribution < -0.4 is 10.6 Å². The van der Waals surface area contributed by atoms with Crippen molar-refractivity contribution in [1.29, 1.82) is 0 Å². The van der Waals surface area contributed by atoms with Crippen LogP contribution in [0.4, 0.5) is 4.39 Å². The Kier molecular flexibility index (Phi) is 7.57. The van der Waals surface area contributed by atoms with Crippen LogP contribution in [0.15, 0.2) is 59.1 Å². The molecule has 0 bridgehead atoms. The molecule has 0 unspecified atom stereocenters. The first-order valence-corrected chi connectivity index (χ1v) is 9.74. The van der Waals surface area contributed by atoms with E-state index in [4.69, 9.17) is 4.42 Å². The summed E-state index contributed by atoms with van der Waals surface area (Å²) in [4.78, 5) is 19.3. The molecule has 2 aromatic carbocycles. The first-order valence-electron chi connectivity index (χ1n) is 9.74. The standard InChI is InChI=1S/C22H23FN4O2.ClH/c23-19-8-4-3-7-18(19)20-15-26-22(29-20)17-6-2-1-5-16(17)21(28)25-11-14-27-12-9-24-10-13-27;/h1-8,15,24H,9-14H2,(H,25,28);1H. The van der Waals surface area contributed by atoms with E-state index in [1.807, 2.05) is 6.07 Å². The van der Waals surface area contributed by atoms with Crippen LogP contribution in [0.25, 0.3) is 22.8 Å². The first-order chi connectivity index (χ1) is 14.2.